The molecule has 0 spiro atoms. The largest absolute Gasteiger partial charge is 0.462 e. The Kier molecular flexibility index (Phi) is 67.6. The lowest BCUT2D eigenvalue weighted by atomic mass is 10.0. The maximum Gasteiger partial charge on any atom is 0.306 e. The van der Waals surface area contributed by atoms with Crippen molar-refractivity contribution in [1.82, 2.24) is 0 Å². The van der Waals surface area contributed by atoms with Crippen molar-refractivity contribution in [2.24, 2.45) is 0 Å². The Bertz CT molecular complexity index is 1290. The molecule has 0 aromatic rings. The summed E-state index contributed by atoms with van der Waals surface area (Å²) in [6.07, 6.45) is 85.2. The molecular weight excluding hydrogens is 985 g/mol. The first kappa shape index (κ1) is 77.9. The fraction of sp³-hybridized carbons (Fsp3) is 0.905. The van der Waals surface area contributed by atoms with E-state index in [0.29, 0.717) is 19.3 Å². The van der Waals surface area contributed by atoms with Crippen LogP contribution in [0.4, 0.5) is 0 Å². The minimum atomic E-state index is -0.765. The van der Waals surface area contributed by atoms with Crippen molar-refractivity contribution in [3.05, 3.63) is 24.3 Å². The summed E-state index contributed by atoms with van der Waals surface area (Å²) in [5.74, 6) is -0.831. The summed E-state index contributed by atoms with van der Waals surface area (Å²) in [7, 11) is 0. The lowest BCUT2D eigenvalue weighted by Gasteiger charge is -2.18. The van der Waals surface area contributed by atoms with Crippen LogP contribution in [0.15, 0.2) is 24.3 Å². The fourth-order valence-corrected chi connectivity index (χ4v) is 11.2. The molecule has 0 heterocycles. The van der Waals surface area contributed by atoms with Crippen molar-refractivity contribution in [3.63, 3.8) is 0 Å². The van der Waals surface area contributed by atoms with E-state index in [1.165, 1.54) is 308 Å². The number of carbonyl (C=O) groups excluding carboxylic acids is 3. The van der Waals surface area contributed by atoms with Crippen LogP contribution >= 0.6 is 0 Å². The van der Waals surface area contributed by atoms with Crippen molar-refractivity contribution in [3.8, 4) is 0 Å². The predicted molar refractivity (Wildman–Crippen MR) is 349 cm³/mol. The monoisotopic (exact) mass is 1130 g/mol. The van der Waals surface area contributed by atoms with Gasteiger partial charge in [0.15, 0.2) is 6.10 Å². The molecule has 80 heavy (non-hydrogen) atoms. The normalized spacial score (nSPS) is 12.1. The number of ether oxygens (including phenoxy) is 3. The number of carbonyl (C=O) groups is 3. The molecule has 0 aromatic carbocycles. The van der Waals surface area contributed by atoms with E-state index in [1.54, 1.807) is 0 Å². The number of esters is 3. The van der Waals surface area contributed by atoms with Crippen LogP contribution in [0.3, 0.4) is 0 Å². The lowest BCUT2D eigenvalue weighted by Crippen LogP contribution is -2.30. The van der Waals surface area contributed by atoms with Crippen molar-refractivity contribution >= 4 is 17.9 Å². The summed E-state index contributed by atoms with van der Waals surface area (Å²) in [6, 6.07) is 0. The summed E-state index contributed by atoms with van der Waals surface area (Å²) in [6.45, 7) is 6.70. The Morgan fingerprint density at radius 3 is 0.688 bits per heavy atom. The summed E-state index contributed by atoms with van der Waals surface area (Å²) < 4.78 is 17.0. The molecule has 472 valence electrons. The first-order valence-electron chi connectivity index (χ1n) is 36.3. The van der Waals surface area contributed by atoms with Gasteiger partial charge in [0, 0.05) is 19.3 Å². The first-order valence-corrected chi connectivity index (χ1v) is 36.3. The van der Waals surface area contributed by atoms with Gasteiger partial charge in [0.2, 0.25) is 0 Å². The zero-order valence-corrected chi connectivity index (χ0v) is 54.4. The third-order valence-electron chi connectivity index (χ3n) is 16.7. The first-order chi connectivity index (χ1) is 39.5. The molecule has 0 amide bonds. The van der Waals surface area contributed by atoms with Gasteiger partial charge in [-0.1, -0.05) is 366 Å². The fourth-order valence-electron chi connectivity index (χ4n) is 11.2. The van der Waals surface area contributed by atoms with Gasteiger partial charge < -0.3 is 14.2 Å². The molecule has 0 rings (SSSR count). The number of hydrogen-bond donors (Lipinski definition) is 0. The van der Waals surface area contributed by atoms with E-state index in [-0.39, 0.29) is 31.1 Å². The summed E-state index contributed by atoms with van der Waals surface area (Å²) in [5.41, 5.74) is 0. The molecular formula is C74H140O6. The molecule has 0 aliphatic rings. The third kappa shape index (κ3) is 66.7. The van der Waals surface area contributed by atoms with Crippen LogP contribution in [0.1, 0.15) is 412 Å². The average Bonchev–Trinajstić information content (AvgIpc) is 3.46. The van der Waals surface area contributed by atoms with E-state index in [4.69, 9.17) is 14.2 Å². The van der Waals surface area contributed by atoms with Crippen LogP contribution in [0.5, 0.6) is 0 Å². The Hall–Kier alpha value is -2.11. The predicted octanol–water partition coefficient (Wildman–Crippen LogP) is 25.0. The topological polar surface area (TPSA) is 78.9 Å². The van der Waals surface area contributed by atoms with Gasteiger partial charge in [0.05, 0.1) is 0 Å². The zero-order valence-electron chi connectivity index (χ0n) is 54.4. The SMILES string of the molecule is CCCCCCC/C=C\C/C=C\CCCCCCCCCCCCCCCCCCCCCCCC(=O)OCC(COC(=O)CCCCCCCCCCCC)OC(=O)CCCCCCCCCCCCCCCCCCCCC. The second-order valence-electron chi connectivity index (χ2n) is 24.9. The Morgan fingerprint density at radius 1 is 0.250 bits per heavy atom. The van der Waals surface area contributed by atoms with Gasteiger partial charge >= 0.3 is 17.9 Å². The molecule has 0 bridgehead atoms. The number of hydrogen-bond acceptors (Lipinski definition) is 6. The van der Waals surface area contributed by atoms with Crippen molar-refractivity contribution in [2.75, 3.05) is 13.2 Å². The van der Waals surface area contributed by atoms with Crippen LogP contribution in [0, 0.1) is 0 Å². The molecule has 0 saturated carbocycles. The van der Waals surface area contributed by atoms with Gasteiger partial charge in [-0.05, 0) is 51.4 Å². The highest BCUT2D eigenvalue weighted by molar-refractivity contribution is 5.71. The van der Waals surface area contributed by atoms with Gasteiger partial charge in [0.1, 0.15) is 13.2 Å². The minimum absolute atomic E-state index is 0.0630. The maximum absolute atomic E-state index is 12.9. The van der Waals surface area contributed by atoms with Crippen LogP contribution in [-0.4, -0.2) is 37.2 Å². The van der Waals surface area contributed by atoms with E-state index in [9.17, 15) is 14.4 Å². The van der Waals surface area contributed by atoms with Crippen LogP contribution < -0.4 is 0 Å². The summed E-state index contributed by atoms with van der Waals surface area (Å²) in [4.78, 5) is 38.3. The summed E-state index contributed by atoms with van der Waals surface area (Å²) in [5, 5.41) is 0. The van der Waals surface area contributed by atoms with Gasteiger partial charge in [-0.3, -0.25) is 14.4 Å². The Morgan fingerprint density at radius 2 is 0.450 bits per heavy atom. The molecule has 0 fully saturated rings. The van der Waals surface area contributed by atoms with E-state index >= 15 is 0 Å². The molecule has 0 aromatic heterocycles. The maximum atomic E-state index is 12.9. The van der Waals surface area contributed by atoms with Crippen LogP contribution in [0.2, 0.25) is 0 Å². The average molecular weight is 1130 g/mol. The second kappa shape index (κ2) is 69.4. The Balaban J connectivity index is 4.04. The Labute approximate surface area is 500 Å². The highest BCUT2D eigenvalue weighted by Crippen LogP contribution is 2.19. The summed E-state index contributed by atoms with van der Waals surface area (Å²) >= 11 is 0. The van der Waals surface area contributed by atoms with Gasteiger partial charge in [-0.25, -0.2) is 0 Å². The van der Waals surface area contributed by atoms with Gasteiger partial charge in [-0.2, -0.15) is 0 Å². The van der Waals surface area contributed by atoms with Gasteiger partial charge in [-0.15, -0.1) is 0 Å². The molecule has 0 N–H and O–H groups in total. The van der Waals surface area contributed by atoms with Crippen LogP contribution in [0.25, 0.3) is 0 Å². The standard InChI is InChI=1S/C74H140O6/c1-4-7-10-13-16-19-22-24-26-28-30-31-32-33-34-35-36-37-38-39-40-41-42-43-45-46-48-50-52-55-58-61-64-67-73(76)79-70-71(69-78-72(75)66-63-60-57-54-21-18-15-12-9-6-3)80-74(77)68-65-62-59-56-53-51-49-47-44-29-27-25-23-20-17-14-11-8-5-2/h22,24,28,30,71H,4-21,23,25-27,29,31-70H2,1-3H3/b24-22-,30-28-. The third-order valence-corrected chi connectivity index (χ3v) is 16.7. The number of allylic oxidation sites excluding steroid dienone is 4. The van der Waals surface area contributed by atoms with Gasteiger partial charge in [0.25, 0.3) is 0 Å². The molecule has 6 nitrogen and oxygen atoms in total. The van der Waals surface area contributed by atoms with Crippen molar-refractivity contribution in [1.29, 1.82) is 0 Å². The molecule has 1 unspecified atom stereocenters. The minimum Gasteiger partial charge on any atom is -0.462 e. The van der Waals surface area contributed by atoms with Crippen molar-refractivity contribution < 1.29 is 28.6 Å². The smallest absolute Gasteiger partial charge is 0.306 e. The van der Waals surface area contributed by atoms with E-state index in [0.717, 1.165) is 64.2 Å². The molecule has 6 heteroatoms. The van der Waals surface area contributed by atoms with E-state index in [2.05, 4.69) is 45.1 Å². The van der Waals surface area contributed by atoms with E-state index < -0.39 is 6.10 Å². The van der Waals surface area contributed by atoms with E-state index in [1.807, 2.05) is 0 Å². The number of unbranched alkanes of at least 4 members (excludes halogenated alkanes) is 53. The number of rotatable bonds is 68. The molecule has 0 radical (unpaired) electrons. The zero-order chi connectivity index (χ0) is 57.8. The lowest BCUT2D eigenvalue weighted by molar-refractivity contribution is -0.167. The molecule has 0 aliphatic carbocycles. The molecule has 1 atom stereocenters. The molecule has 0 aliphatic heterocycles. The highest BCUT2D eigenvalue weighted by atomic mass is 16.6. The highest BCUT2D eigenvalue weighted by Gasteiger charge is 2.19. The quantitative estimate of drug-likeness (QED) is 0.0261. The second-order valence-corrected chi connectivity index (χ2v) is 24.9. The van der Waals surface area contributed by atoms with Crippen molar-refractivity contribution in [2.45, 2.75) is 419 Å². The van der Waals surface area contributed by atoms with Crippen LogP contribution in [-0.2, 0) is 28.6 Å². The molecule has 0 saturated heterocycles.